The van der Waals surface area contributed by atoms with Gasteiger partial charge in [0.1, 0.15) is 5.75 Å². The highest BCUT2D eigenvalue weighted by Crippen LogP contribution is 2.22. The lowest BCUT2D eigenvalue weighted by Crippen LogP contribution is -2.12. The van der Waals surface area contributed by atoms with Crippen molar-refractivity contribution in [3.8, 4) is 5.75 Å². The molecule has 3 heteroatoms. The summed E-state index contributed by atoms with van der Waals surface area (Å²) in [5.74, 6) is -0.343. The number of phenolic OH excluding ortho intramolecular Hbond substituents is 1. The summed E-state index contributed by atoms with van der Waals surface area (Å²) < 4.78 is 0. The van der Waals surface area contributed by atoms with Crippen LogP contribution in [0.3, 0.4) is 0 Å². The molecule has 2 aromatic carbocycles. The van der Waals surface area contributed by atoms with E-state index in [1.165, 1.54) is 24.3 Å². The lowest BCUT2D eigenvalue weighted by atomic mass is 9.86. The van der Waals surface area contributed by atoms with Crippen molar-refractivity contribution in [1.82, 2.24) is 0 Å². The number of hydrogen-bond donors (Lipinski definition) is 1. The Morgan fingerprint density at radius 1 is 0.818 bits per heavy atom. The molecule has 114 valence electrons. The molecule has 2 aromatic rings. The smallest absolute Gasteiger partial charge is 0.170 e. The Balaban J connectivity index is 2.09. The van der Waals surface area contributed by atoms with Crippen LogP contribution in [0.15, 0.2) is 48.5 Å². The first kappa shape index (κ1) is 16.0. The molecular formula is C19H20O3. The summed E-state index contributed by atoms with van der Waals surface area (Å²) in [7, 11) is 0. The molecule has 0 fully saturated rings. The van der Waals surface area contributed by atoms with Crippen LogP contribution in [0.25, 0.3) is 0 Å². The Kier molecular flexibility index (Phi) is 4.45. The highest BCUT2D eigenvalue weighted by Gasteiger charge is 2.16. The van der Waals surface area contributed by atoms with Crippen molar-refractivity contribution in [3.05, 3.63) is 65.2 Å². The van der Waals surface area contributed by atoms with Gasteiger partial charge in [-0.1, -0.05) is 45.0 Å². The average molecular weight is 296 g/mol. The van der Waals surface area contributed by atoms with E-state index in [1.807, 2.05) is 12.1 Å². The van der Waals surface area contributed by atoms with Gasteiger partial charge in [0.15, 0.2) is 11.6 Å². The maximum atomic E-state index is 12.2. The number of carbonyl (C=O) groups excluding carboxylic acids is 2. The van der Waals surface area contributed by atoms with Crippen LogP contribution in [0.2, 0.25) is 0 Å². The Morgan fingerprint density at radius 2 is 1.23 bits per heavy atom. The third-order valence-electron chi connectivity index (χ3n) is 3.58. The van der Waals surface area contributed by atoms with Crippen molar-refractivity contribution in [2.24, 2.45) is 0 Å². The first-order chi connectivity index (χ1) is 10.3. The van der Waals surface area contributed by atoms with E-state index in [0.717, 1.165) is 5.56 Å². The predicted molar refractivity (Wildman–Crippen MR) is 86.5 cm³/mol. The van der Waals surface area contributed by atoms with Gasteiger partial charge >= 0.3 is 0 Å². The van der Waals surface area contributed by atoms with Crippen molar-refractivity contribution in [2.45, 2.75) is 32.6 Å². The topological polar surface area (TPSA) is 54.4 Å². The molecule has 0 aromatic heterocycles. The number of hydrogen-bond acceptors (Lipinski definition) is 3. The van der Waals surface area contributed by atoms with Crippen molar-refractivity contribution < 1.29 is 14.7 Å². The van der Waals surface area contributed by atoms with Crippen molar-refractivity contribution in [2.75, 3.05) is 0 Å². The molecule has 0 spiro atoms. The van der Waals surface area contributed by atoms with E-state index in [2.05, 4.69) is 20.8 Å². The number of phenols is 1. The molecule has 0 saturated heterocycles. The van der Waals surface area contributed by atoms with Crippen molar-refractivity contribution >= 4 is 11.6 Å². The minimum Gasteiger partial charge on any atom is -0.508 e. The Labute approximate surface area is 130 Å². The van der Waals surface area contributed by atoms with Gasteiger partial charge in [0.2, 0.25) is 0 Å². The summed E-state index contributed by atoms with van der Waals surface area (Å²) in [6.45, 7) is 6.33. The van der Waals surface area contributed by atoms with Crippen LogP contribution >= 0.6 is 0 Å². The number of Topliss-reactive ketones (excluding diaryl/α,β-unsaturated/α-hetero) is 2. The SMILES string of the molecule is CC(C)(C)c1ccc(C(=O)CC(=O)c2ccc(O)cc2)cc1. The summed E-state index contributed by atoms with van der Waals surface area (Å²) in [6, 6.07) is 13.3. The highest BCUT2D eigenvalue weighted by molar-refractivity contribution is 6.13. The average Bonchev–Trinajstić information content (AvgIpc) is 2.47. The number of aromatic hydroxyl groups is 1. The minimum atomic E-state index is -0.245. The fourth-order valence-electron chi connectivity index (χ4n) is 2.15. The molecule has 0 bridgehead atoms. The number of rotatable bonds is 4. The second-order valence-electron chi connectivity index (χ2n) is 6.40. The molecule has 0 aliphatic heterocycles. The number of benzene rings is 2. The number of ketones is 2. The van der Waals surface area contributed by atoms with Gasteiger partial charge in [0.05, 0.1) is 6.42 Å². The third-order valence-corrected chi connectivity index (χ3v) is 3.58. The third kappa shape index (κ3) is 3.82. The van der Waals surface area contributed by atoms with Crippen LogP contribution in [-0.2, 0) is 5.41 Å². The fraction of sp³-hybridized carbons (Fsp3) is 0.263. The number of carbonyl (C=O) groups is 2. The second kappa shape index (κ2) is 6.14. The summed E-state index contributed by atoms with van der Waals surface area (Å²) in [6.07, 6.45) is -0.167. The van der Waals surface area contributed by atoms with E-state index >= 15 is 0 Å². The normalized spacial score (nSPS) is 11.2. The molecular weight excluding hydrogens is 276 g/mol. The summed E-state index contributed by atoms with van der Waals surface area (Å²) in [5.41, 5.74) is 2.15. The van der Waals surface area contributed by atoms with Crippen LogP contribution < -0.4 is 0 Å². The summed E-state index contributed by atoms with van der Waals surface area (Å²) >= 11 is 0. The van der Waals surface area contributed by atoms with Gasteiger partial charge in [-0.15, -0.1) is 0 Å². The Hall–Kier alpha value is -2.42. The maximum absolute atomic E-state index is 12.2. The van der Waals surface area contributed by atoms with Gasteiger partial charge in [-0.3, -0.25) is 9.59 Å². The van der Waals surface area contributed by atoms with Gasteiger partial charge in [-0.05, 0) is 35.2 Å². The van der Waals surface area contributed by atoms with E-state index in [4.69, 9.17) is 0 Å². The molecule has 0 unspecified atom stereocenters. The maximum Gasteiger partial charge on any atom is 0.170 e. The largest absolute Gasteiger partial charge is 0.508 e. The van der Waals surface area contributed by atoms with Gasteiger partial charge in [-0.25, -0.2) is 0 Å². The molecule has 0 saturated carbocycles. The molecule has 0 aliphatic rings. The molecule has 1 N–H and O–H groups in total. The first-order valence-electron chi connectivity index (χ1n) is 7.23. The first-order valence-corrected chi connectivity index (χ1v) is 7.23. The molecule has 0 atom stereocenters. The van der Waals surface area contributed by atoms with Crippen molar-refractivity contribution in [1.29, 1.82) is 0 Å². The zero-order valence-corrected chi connectivity index (χ0v) is 13.1. The summed E-state index contributed by atoms with van der Waals surface area (Å²) in [5, 5.41) is 9.21. The van der Waals surface area contributed by atoms with Gasteiger partial charge in [-0.2, -0.15) is 0 Å². The van der Waals surface area contributed by atoms with E-state index in [-0.39, 0.29) is 29.2 Å². The fourth-order valence-corrected chi connectivity index (χ4v) is 2.15. The highest BCUT2D eigenvalue weighted by atomic mass is 16.3. The molecule has 0 heterocycles. The van der Waals surface area contributed by atoms with Gasteiger partial charge in [0.25, 0.3) is 0 Å². The molecule has 0 amide bonds. The lowest BCUT2D eigenvalue weighted by molar-refractivity contribution is 0.0894. The quantitative estimate of drug-likeness (QED) is 0.681. The van der Waals surface area contributed by atoms with E-state index in [0.29, 0.717) is 11.1 Å². The Bertz CT molecular complexity index is 674. The standard InChI is InChI=1S/C19H20O3/c1-19(2,3)15-8-4-13(5-9-15)17(21)12-18(22)14-6-10-16(20)11-7-14/h4-11,20H,12H2,1-3H3. The molecule has 3 nitrogen and oxygen atoms in total. The zero-order valence-electron chi connectivity index (χ0n) is 13.1. The van der Waals surface area contributed by atoms with E-state index < -0.39 is 0 Å². The van der Waals surface area contributed by atoms with Crippen LogP contribution in [-0.4, -0.2) is 16.7 Å². The summed E-state index contributed by atoms with van der Waals surface area (Å²) in [4.78, 5) is 24.2. The van der Waals surface area contributed by atoms with Crippen LogP contribution in [0, 0.1) is 0 Å². The lowest BCUT2D eigenvalue weighted by Gasteiger charge is -2.18. The predicted octanol–water partition coefficient (Wildman–Crippen LogP) is 4.15. The van der Waals surface area contributed by atoms with Crippen molar-refractivity contribution in [3.63, 3.8) is 0 Å². The monoisotopic (exact) mass is 296 g/mol. The Morgan fingerprint density at radius 3 is 1.64 bits per heavy atom. The van der Waals surface area contributed by atoms with Crippen LogP contribution in [0.4, 0.5) is 0 Å². The molecule has 0 aliphatic carbocycles. The van der Waals surface area contributed by atoms with Crippen LogP contribution in [0.1, 0.15) is 53.5 Å². The van der Waals surface area contributed by atoms with Gasteiger partial charge < -0.3 is 5.11 Å². The minimum absolute atomic E-state index is 0.0312. The molecule has 0 radical (unpaired) electrons. The zero-order chi connectivity index (χ0) is 16.3. The molecule has 22 heavy (non-hydrogen) atoms. The van der Waals surface area contributed by atoms with E-state index in [9.17, 15) is 14.7 Å². The molecule has 2 rings (SSSR count). The second-order valence-corrected chi connectivity index (χ2v) is 6.40. The van der Waals surface area contributed by atoms with E-state index in [1.54, 1.807) is 12.1 Å². The van der Waals surface area contributed by atoms with Gasteiger partial charge in [0, 0.05) is 11.1 Å². The van der Waals surface area contributed by atoms with Crippen LogP contribution in [0.5, 0.6) is 5.75 Å².